The number of nitrogens with zero attached hydrogens (tertiary/aromatic N) is 4. The molecule has 2 aromatic rings. The lowest BCUT2D eigenvalue weighted by Crippen LogP contribution is -2.22. The lowest BCUT2D eigenvalue weighted by atomic mass is 10.3. The summed E-state index contributed by atoms with van der Waals surface area (Å²) in [6.45, 7) is 10.3. The number of anilines is 1. The molecule has 0 saturated heterocycles. The van der Waals surface area contributed by atoms with Crippen LogP contribution >= 0.6 is 11.8 Å². The molecular formula is C15H27N5O2SSi. The zero-order valence-electron chi connectivity index (χ0n) is 15.0. The molecule has 1 atom stereocenters. The molecule has 1 unspecified atom stereocenters. The van der Waals surface area contributed by atoms with Gasteiger partial charge in [0.2, 0.25) is 0 Å². The molecule has 0 aromatic carbocycles. The molecule has 7 nitrogen and oxygen atoms in total. The first-order valence-corrected chi connectivity index (χ1v) is 13.0. The highest BCUT2D eigenvalue weighted by atomic mass is 32.2. The first kappa shape index (κ1) is 19.2. The molecule has 2 N–H and O–H groups in total. The van der Waals surface area contributed by atoms with E-state index in [4.69, 9.17) is 4.74 Å². The summed E-state index contributed by atoms with van der Waals surface area (Å²) in [6, 6.07) is 1.12. The summed E-state index contributed by atoms with van der Waals surface area (Å²) in [6.07, 6.45) is 3.23. The van der Waals surface area contributed by atoms with Crippen LogP contribution in [0.4, 0.5) is 5.82 Å². The Morgan fingerprint density at radius 1 is 1.38 bits per heavy atom. The van der Waals surface area contributed by atoms with Crippen LogP contribution in [-0.4, -0.2) is 58.4 Å². The first-order valence-electron chi connectivity index (χ1n) is 8.07. The van der Waals surface area contributed by atoms with Crippen LogP contribution in [0.5, 0.6) is 0 Å². The predicted molar refractivity (Wildman–Crippen MR) is 101 cm³/mol. The number of hydrogen-bond acceptors (Lipinski definition) is 7. The minimum atomic E-state index is -1.10. The first-order chi connectivity index (χ1) is 11.3. The molecule has 0 aliphatic heterocycles. The molecule has 0 spiro atoms. The van der Waals surface area contributed by atoms with Gasteiger partial charge in [0.05, 0.1) is 17.7 Å². The van der Waals surface area contributed by atoms with Crippen molar-refractivity contribution >= 4 is 36.7 Å². The standard InChI is InChI=1S/C15H27N5O2SSi/c1-11(21)8-16-13-12-9-17-20(10-22-6-7-24(3,4)5)14(12)19-15(18-13)23-2/h9,11,21H,6-8,10H2,1-5H3,(H,16,18,19). The molecule has 2 heterocycles. The smallest absolute Gasteiger partial charge is 0.191 e. The Labute approximate surface area is 148 Å². The van der Waals surface area contributed by atoms with E-state index in [2.05, 4.69) is 40.0 Å². The molecule has 0 fully saturated rings. The van der Waals surface area contributed by atoms with Gasteiger partial charge < -0.3 is 15.2 Å². The van der Waals surface area contributed by atoms with E-state index in [1.165, 1.54) is 11.8 Å². The van der Waals surface area contributed by atoms with Crippen molar-refractivity contribution < 1.29 is 9.84 Å². The monoisotopic (exact) mass is 369 g/mol. The number of rotatable bonds is 9. The lowest BCUT2D eigenvalue weighted by molar-refractivity contribution is 0.0812. The van der Waals surface area contributed by atoms with Crippen LogP contribution in [0.3, 0.4) is 0 Å². The van der Waals surface area contributed by atoms with Crippen LogP contribution in [0.15, 0.2) is 11.4 Å². The van der Waals surface area contributed by atoms with Gasteiger partial charge in [0, 0.05) is 21.2 Å². The van der Waals surface area contributed by atoms with Crippen molar-refractivity contribution in [3.63, 3.8) is 0 Å². The average molecular weight is 370 g/mol. The fourth-order valence-corrected chi connectivity index (χ4v) is 3.15. The van der Waals surface area contributed by atoms with Gasteiger partial charge >= 0.3 is 0 Å². The van der Waals surface area contributed by atoms with E-state index < -0.39 is 14.2 Å². The maximum absolute atomic E-state index is 9.48. The Balaban J connectivity index is 2.15. The van der Waals surface area contributed by atoms with Crippen molar-refractivity contribution in [2.75, 3.05) is 24.7 Å². The second-order valence-corrected chi connectivity index (χ2v) is 13.4. The van der Waals surface area contributed by atoms with Gasteiger partial charge in [0.25, 0.3) is 0 Å². The number of aromatic nitrogens is 4. The van der Waals surface area contributed by atoms with Gasteiger partial charge in [-0.2, -0.15) is 5.10 Å². The van der Waals surface area contributed by atoms with Crippen molar-refractivity contribution in [1.82, 2.24) is 19.7 Å². The average Bonchev–Trinajstić information content (AvgIpc) is 2.91. The number of thioether (sulfide) groups is 1. The Morgan fingerprint density at radius 3 is 2.75 bits per heavy atom. The minimum Gasteiger partial charge on any atom is -0.392 e. The number of hydrogen-bond donors (Lipinski definition) is 2. The normalized spacial score (nSPS) is 13.4. The van der Waals surface area contributed by atoms with Crippen molar-refractivity contribution in [2.45, 2.75) is 50.6 Å². The minimum absolute atomic E-state index is 0.384. The molecule has 0 saturated carbocycles. The van der Waals surface area contributed by atoms with Gasteiger partial charge in [-0.1, -0.05) is 31.4 Å². The van der Waals surface area contributed by atoms with E-state index in [9.17, 15) is 5.11 Å². The van der Waals surface area contributed by atoms with Crippen LogP contribution in [0.1, 0.15) is 6.92 Å². The van der Waals surface area contributed by atoms with Crippen molar-refractivity contribution in [3.05, 3.63) is 6.20 Å². The zero-order valence-corrected chi connectivity index (χ0v) is 16.9. The molecule has 0 amide bonds. The van der Waals surface area contributed by atoms with Crippen LogP contribution in [-0.2, 0) is 11.5 Å². The highest BCUT2D eigenvalue weighted by Crippen LogP contribution is 2.23. The second kappa shape index (κ2) is 8.28. The molecular weight excluding hydrogens is 342 g/mol. The quantitative estimate of drug-likeness (QED) is 0.304. The summed E-state index contributed by atoms with van der Waals surface area (Å²) >= 11 is 1.47. The molecule has 0 radical (unpaired) electrons. The van der Waals surface area contributed by atoms with E-state index >= 15 is 0 Å². The molecule has 9 heteroatoms. The third-order valence-corrected chi connectivity index (χ3v) is 5.69. The van der Waals surface area contributed by atoms with Gasteiger partial charge in [0.15, 0.2) is 10.8 Å². The third kappa shape index (κ3) is 5.44. The summed E-state index contributed by atoms with van der Waals surface area (Å²) in [7, 11) is -1.10. The summed E-state index contributed by atoms with van der Waals surface area (Å²) in [5.41, 5.74) is 0.746. The van der Waals surface area contributed by atoms with E-state index in [0.717, 1.165) is 23.7 Å². The second-order valence-electron chi connectivity index (χ2n) is 7.02. The fraction of sp³-hybridized carbons (Fsp3) is 0.667. The van der Waals surface area contributed by atoms with E-state index in [1.54, 1.807) is 17.8 Å². The van der Waals surface area contributed by atoms with Crippen LogP contribution < -0.4 is 5.32 Å². The molecule has 0 aliphatic carbocycles. The van der Waals surface area contributed by atoms with Crippen molar-refractivity contribution in [2.24, 2.45) is 0 Å². The number of fused-ring (bicyclic) bond motifs is 1. The van der Waals surface area contributed by atoms with Gasteiger partial charge in [-0.25, -0.2) is 14.6 Å². The van der Waals surface area contributed by atoms with Crippen LogP contribution in [0.25, 0.3) is 11.0 Å². The molecule has 0 aliphatic rings. The third-order valence-electron chi connectivity index (χ3n) is 3.43. The van der Waals surface area contributed by atoms with E-state index in [0.29, 0.717) is 24.2 Å². The SMILES string of the molecule is CSc1nc(NCC(C)O)c2cnn(COCC[Si](C)(C)C)c2n1. The summed E-state index contributed by atoms with van der Waals surface area (Å²) in [4.78, 5) is 9.02. The highest BCUT2D eigenvalue weighted by Gasteiger charge is 2.15. The maximum atomic E-state index is 9.48. The van der Waals surface area contributed by atoms with E-state index in [-0.39, 0.29) is 0 Å². The molecule has 134 valence electrons. The van der Waals surface area contributed by atoms with Crippen molar-refractivity contribution in [1.29, 1.82) is 0 Å². The van der Waals surface area contributed by atoms with Crippen LogP contribution in [0.2, 0.25) is 25.7 Å². The summed E-state index contributed by atoms with van der Waals surface area (Å²) in [5, 5.41) is 18.5. The number of nitrogens with one attached hydrogen (secondary N) is 1. The lowest BCUT2D eigenvalue weighted by Gasteiger charge is -2.15. The molecule has 0 bridgehead atoms. The number of ether oxygens (including phenoxy) is 1. The molecule has 2 aromatic heterocycles. The van der Waals surface area contributed by atoms with E-state index in [1.807, 2.05) is 6.26 Å². The topological polar surface area (TPSA) is 85.1 Å². The maximum Gasteiger partial charge on any atom is 0.191 e. The Kier molecular flexibility index (Phi) is 6.61. The van der Waals surface area contributed by atoms with Gasteiger partial charge in [-0.3, -0.25) is 0 Å². The van der Waals surface area contributed by atoms with Gasteiger partial charge in [0.1, 0.15) is 12.5 Å². The largest absolute Gasteiger partial charge is 0.392 e. The number of aliphatic hydroxyl groups is 1. The number of aliphatic hydroxyl groups excluding tert-OH is 1. The zero-order chi connectivity index (χ0) is 17.7. The van der Waals surface area contributed by atoms with Gasteiger partial charge in [-0.05, 0) is 19.2 Å². The Bertz CT molecular complexity index is 672. The molecule has 24 heavy (non-hydrogen) atoms. The highest BCUT2D eigenvalue weighted by molar-refractivity contribution is 7.98. The molecule has 2 rings (SSSR count). The fourth-order valence-electron chi connectivity index (χ4n) is 2.03. The Morgan fingerprint density at radius 2 is 2.12 bits per heavy atom. The summed E-state index contributed by atoms with van der Waals surface area (Å²) in [5.74, 6) is 0.693. The Hall–Kier alpha value is -1.16. The predicted octanol–water partition coefficient (Wildman–Crippen LogP) is 2.65. The van der Waals surface area contributed by atoms with Crippen molar-refractivity contribution in [3.8, 4) is 0 Å². The van der Waals surface area contributed by atoms with Gasteiger partial charge in [-0.15, -0.1) is 0 Å². The van der Waals surface area contributed by atoms with Crippen LogP contribution in [0, 0.1) is 0 Å². The summed E-state index contributed by atoms with van der Waals surface area (Å²) < 4.78 is 7.54.